The minimum Gasteiger partial charge on any atom is -0.491 e. The van der Waals surface area contributed by atoms with Gasteiger partial charge < -0.3 is 28.8 Å². The standard InChI is InChI=1S/C21H34O7/c1-5-24-10-11-25-12-13-26-14-15-27-18-8-6-17(7-9-18)16-19(22)20(23)28-21(2,3)4/h6-9,19,22H,5,10-16H2,1-4H3. The van der Waals surface area contributed by atoms with Crippen molar-refractivity contribution in [3.63, 3.8) is 0 Å². The number of aliphatic hydroxyl groups is 1. The molecule has 0 amide bonds. The van der Waals surface area contributed by atoms with Crippen molar-refractivity contribution in [2.45, 2.75) is 45.8 Å². The maximum Gasteiger partial charge on any atom is 0.335 e. The fourth-order valence-electron chi connectivity index (χ4n) is 2.20. The number of carbonyl (C=O) groups is 1. The first-order valence-corrected chi connectivity index (χ1v) is 9.67. The van der Waals surface area contributed by atoms with E-state index >= 15 is 0 Å². The van der Waals surface area contributed by atoms with Crippen molar-refractivity contribution in [2.24, 2.45) is 0 Å². The summed E-state index contributed by atoms with van der Waals surface area (Å²) in [5.74, 6) is 0.0823. The average molecular weight is 398 g/mol. The SMILES string of the molecule is CCOCCOCCOCCOc1ccc(CC(O)C(=O)OC(C)(C)C)cc1. The molecular formula is C21H34O7. The second-order valence-electron chi connectivity index (χ2n) is 7.17. The van der Waals surface area contributed by atoms with Crippen molar-refractivity contribution in [2.75, 3.05) is 46.2 Å². The Morgan fingerprint density at radius 2 is 1.46 bits per heavy atom. The van der Waals surface area contributed by atoms with Crippen LogP contribution in [0.25, 0.3) is 0 Å². The maximum atomic E-state index is 11.8. The summed E-state index contributed by atoms with van der Waals surface area (Å²) in [6, 6.07) is 7.23. The van der Waals surface area contributed by atoms with Crippen LogP contribution in [0.5, 0.6) is 5.75 Å². The first kappa shape index (κ1) is 24.4. The van der Waals surface area contributed by atoms with Gasteiger partial charge >= 0.3 is 5.97 Å². The van der Waals surface area contributed by atoms with E-state index in [1.54, 1.807) is 32.9 Å². The van der Waals surface area contributed by atoms with Gasteiger partial charge in [0.2, 0.25) is 0 Å². The van der Waals surface area contributed by atoms with Gasteiger partial charge in [0.25, 0.3) is 0 Å². The van der Waals surface area contributed by atoms with Crippen molar-refractivity contribution >= 4 is 5.97 Å². The van der Waals surface area contributed by atoms with Gasteiger partial charge in [-0.2, -0.15) is 0 Å². The molecule has 28 heavy (non-hydrogen) atoms. The fraction of sp³-hybridized carbons (Fsp3) is 0.667. The quantitative estimate of drug-likeness (QED) is 0.380. The molecule has 7 nitrogen and oxygen atoms in total. The van der Waals surface area contributed by atoms with Crippen LogP contribution in [0.4, 0.5) is 0 Å². The van der Waals surface area contributed by atoms with Crippen molar-refractivity contribution < 1.29 is 33.6 Å². The molecule has 0 heterocycles. The van der Waals surface area contributed by atoms with E-state index in [1.165, 1.54) is 0 Å². The smallest absolute Gasteiger partial charge is 0.335 e. The van der Waals surface area contributed by atoms with Crippen LogP contribution in [-0.2, 0) is 30.2 Å². The van der Waals surface area contributed by atoms with Gasteiger partial charge in [0.15, 0.2) is 6.10 Å². The monoisotopic (exact) mass is 398 g/mol. The highest BCUT2D eigenvalue weighted by Crippen LogP contribution is 2.15. The van der Waals surface area contributed by atoms with Gasteiger partial charge in [-0.05, 0) is 45.4 Å². The molecule has 7 heteroatoms. The number of benzene rings is 1. The molecule has 0 saturated carbocycles. The first-order valence-electron chi connectivity index (χ1n) is 9.67. The molecule has 0 aliphatic carbocycles. The molecule has 160 valence electrons. The lowest BCUT2D eigenvalue weighted by Gasteiger charge is -2.21. The molecule has 0 spiro atoms. The number of carbonyl (C=O) groups excluding carboxylic acids is 1. The Hall–Kier alpha value is -1.67. The van der Waals surface area contributed by atoms with Crippen LogP contribution in [0.3, 0.4) is 0 Å². The molecule has 0 aromatic heterocycles. The van der Waals surface area contributed by atoms with Gasteiger partial charge in [0.1, 0.15) is 18.0 Å². The van der Waals surface area contributed by atoms with Gasteiger partial charge in [-0.3, -0.25) is 0 Å². The van der Waals surface area contributed by atoms with E-state index in [0.717, 1.165) is 5.56 Å². The Labute approximate surface area is 167 Å². The van der Waals surface area contributed by atoms with Gasteiger partial charge in [-0.15, -0.1) is 0 Å². The summed E-state index contributed by atoms with van der Waals surface area (Å²) in [5, 5.41) is 9.97. The molecule has 1 rings (SSSR count). The number of hydrogen-bond acceptors (Lipinski definition) is 7. The first-order chi connectivity index (χ1) is 13.3. The Morgan fingerprint density at radius 3 is 2.00 bits per heavy atom. The minimum atomic E-state index is -1.19. The predicted octanol–water partition coefficient (Wildman–Crippen LogP) is 2.38. The molecule has 0 saturated heterocycles. The third-order valence-electron chi connectivity index (χ3n) is 3.48. The summed E-state index contributed by atoms with van der Waals surface area (Å²) < 4.78 is 26.7. The van der Waals surface area contributed by atoms with E-state index in [1.807, 2.05) is 19.1 Å². The normalized spacial score (nSPS) is 12.6. The third kappa shape index (κ3) is 11.9. The number of ether oxygens (including phenoxy) is 5. The second-order valence-corrected chi connectivity index (χ2v) is 7.17. The molecule has 0 bridgehead atoms. The van der Waals surface area contributed by atoms with Crippen molar-refractivity contribution in [3.8, 4) is 5.75 Å². The van der Waals surface area contributed by atoms with Gasteiger partial charge in [-0.25, -0.2) is 4.79 Å². The highest BCUT2D eigenvalue weighted by molar-refractivity contribution is 5.75. The molecule has 0 fully saturated rings. The molecule has 0 aliphatic rings. The van der Waals surface area contributed by atoms with Gasteiger partial charge in [0.05, 0.1) is 33.0 Å². The molecule has 0 radical (unpaired) electrons. The Bertz CT molecular complexity index is 537. The van der Waals surface area contributed by atoms with Crippen LogP contribution in [0.2, 0.25) is 0 Å². The van der Waals surface area contributed by atoms with Crippen LogP contribution < -0.4 is 4.74 Å². The fourth-order valence-corrected chi connectivity index (χ4v) is 2.20. The summed E-state index contributed by atoms with van der Waals surface area (Å²) in [5.41, 5.74) is 0.208. The molecular weight excluding hydrogens is 364 g/mol. The number of esters is 1. The molecule has 0 aliphatic heterocycles. The number of aliphatic hydroxyl groups excluding tert-OH is 1. The molecule has 1 aromatic carbocycles. The predicted molar refractivity (Wildman–Crippen MR) is 106 cm³/mol. The summed E-state index contributed by atoms with van der Waals surface area (Å²) >= 11 is 0. The van der Waals surface area contributed by atoms with Crippen LogP contribution in [0, 0.1) is 0 Å². The van der Waals surface area contributed by atoms with E-state index in [9.17, 15) is 9.90 Å². The Kier molecular flexibility index (Phi) is 11.7. The Balaban J connectivity index is 2.17. The summed E-state index contributed by atoms with van der Waals surface area (Å²) in [6.07, 6.45) is -0.989. The number of hydrogen-bond donors (Lipinski definition) is 1. The van der Waals surface area contributed by atoms with E-state index in [0.29, 0.717) is 52.0 Å². The van der Waals surface area contributed by atoms with Crippen molar-refractivity contribution in [1.29, 1.82) is 0 Å². The highest BCUT2D eigenvalue weighted by Gasteiger charge is 2.23. The van der Waals surface area contributed by atoms with Crippen LogP contribution in [0.15, 0.2) is 24.3 Å². The van der Waals surface area contributed by atoms with Crippen molar-refractivity contribution in [3.05, 3.63) is 29.8 Å². The van der Waals surface area contributed by atoms with Crippen LogP contribution in [0.1, 0.15) is 33.3 Å². The lowest BCUT2D eigenvalue weighted by Crippen LogP contribution is -2.32. The summed E-state index contributed by atoms with van der Waals surface area (Å²) in [7, 11) is 0. The number of rotatable bonds is 14. The largest absolute Gasteiger partial charge is 0.491 e. The summed E-state index contributed by atoms with van der Waals surface area (Å²) in [6.45, 7) is 11.1. The highest BCUT2D eigenvalue weighted by atomic mass is 16.6. The van der Waals surface area contributed by atoms with Gasteiger partial charge in [0, 0.05) is 13.0 Å². The zero-order valence-electron chi connectivity index (χ0n) is 17.4. The third-order valence-corrected chi connectivity index (χ3v) is 3.48. The topological polar surface area (TPSA) is 83.5 Å². The lowest BCUT2D eigenvalue weighted by atomic mass is 10.1. The molecule has 1 N–H and O–H groups in total. The van der Waals surface area contributed by atoms with Crippen LogP contribution >= 0.6 is 0 Å². The molecule has 1 aromatic rings. The second kappa shape index (κ2) is 13.5. The lowest BCUT2D eigenvalue weighted by molar-refractivity contribution is -0.164. The Morgan fingerprint density at radius 1 is 0.929 bits per heavy atom. The van der Waals surface area contributed by atoms with E-state index in [-0.39, 0.29) is 6.42 Å². The van der Waals surface area contributed by atoms with Crippen LogP contribution in [-0.4, -0.2) is 69.0 Å². The van der Waals surface area contributed by atoms with E-state index in [4.69, 9.17) is 23.7 Å². The minimum absolute atomic E-state index is 0.196. The van der Waals surface area contributed by atoms with E-state index < -0.39 is 17.7 Å². The van der Waals surface area contributed by atoms with Gasteiger partial charge in [-0.1, -0.05) is 12.1 Å². The summed E-state index contributed by atoms with van der Waals surface area (Å²) in [4.78, 5) is 11.8. The van der Waals surface area contributed by atoms with E-state index in [2.05, 4.69) is 0 Å². The molecule has 1 unspecified atom stereocenters. The zero-order chi connectivity index (χ0) is 20.8. The zero-order valence-corrected chi connectivity index (χ0v) is 17.4. The van der Waals surface area contributed by atoms with Crippen molar-refractivity contribution in [1.82, 2.24) is 0 Å². The average Bonchev–Trinajstić information content (AvgIpc) is 2.63. The molecule has 1 atom stereocenters. The maximum absolute atomic E-state index is 11.8.